The number of nitrogens with one attached hydrogen (secondary N) is 1. The first kappa shape index (κ1) is 18.4. The number of para-hydroxylation sites is 1. The Morgan fingerprint density at radius 3 is 2.45 bits per heavy atom. The molecule has 0 aliphatic heterocycles. The van der Waals surface area contributed by atoms with Crippen molar-refractivity contribution in [1.29, 1.82) is 0 Å². The van der Waals surface area contributed by atoms with E-state index in [9.17, 15) is 9.90 Å². The van der Waals surface area contributed by atoms with Crippen LogP contribution in [-0.2, 0) is 9.53 Å². The van der Waals surface area contributed by atoms with Gasteiger partial charge in [0, 0.05) is 13.1 Å². The van der Waals surface area contributed by atoms with Crippen molar-refractivity contribution in [2.45, 2.75) is 38.6 Å². The predicted octanol–water partition coefficient (Wildman–Crippen LogP) is 0.685. The molecule has 124 valence electrons. The highest BCUT2D eigenvalue weighted by atomic mass is 16.5. The van der Waals surface area contributed by atoms with E-state index in [1.807, 2.05) is 51.1 Å². The van der Waals surface area contributed by atoms with E-state index < -0.39 is 23.7 Å². The lowest BCUT2D eigenvalue weighted by atomic mass is 10.2. The molecule has 22 heavy (non-hydrogen) atoms. The fourth-order valence-corrected chi connectivity index (χ4v) is 1.78. The number of nitrogens with two attached hydrogens (primary N) is 1. The normalized spacial score (nSPS) is 14.4. The summed E-state index contributed by atoms with van der Waals surface area (Å²) in [7, 11) is 0. The number of carbonyl (C=O) groups is 1. The lowest BCUT2D eigenvalue weighted by molar-refractivity contribution is -0.138. The molecule has 6 nitrogen and oxygen atoms in total. The van der Waals surface area contributed by atoms with Crippen LogP contribution in [0.1, 0.15) is 20.8 Å². The molecule has 0 spiro atoms. The molecule has 0 radical (unpaired) electrons. The van der Waals surface area contributed by atoms with Gasteiger partial charge in [0.15, 0.2) is 0 Å². The topological polar surface area (TPSA) is 93.8 Å². The zero-order valence-corrected chi connectivity index (χ0v) is 13.4. The molecule has 2 unspecified atom stereocenters. The van der Waals surface area contributed by atoms with Crippen molar-refractivity contribution in [1.82, 2.24) is 5.32 Å². The summed E-state index contributed by atoms with van der Waals surface area (Å²) >= 11 is 0. The summed E-state index contributed by atoms with van der Waals surface area (Å²) in [5.74, 6) is 0.171. The van der Waals surface area contributed by atoms with Crippen LogP contribution in [-0.4, -0.2) is 48.5 Å². The van der Waals surface area contributed by atoms with Gasteiger partial charge in [0.25, 0.3) is 0 Å². The van der Waals surface area contributed by atoms with E-state index in [1.54, 1.807) is 0 Å². The van der Waals surface area contributed by atoms with Crippen LogP contribution in [0.25, 0.3) is 0 Å². The van der Waals surface area contributed by atoms with Crippen LogP contribution in [0.15, 0.2) is 30.3 Å². The molecule has 0 aliphatic carbocycles. The summed E-state index contributed by atoms with van der Waals surface area (Å²) in [6.45, 7) is 6.25. The molecule has 0 aromatic heterocycles. The molecule has 1 aromatic carbocycles. The Balaban J connectivity index is 2.27. The van der Waals surface area contributed by atoms with Gasteiger partial charge in [-0.25, -0.2) is 0 Å². The fourth-order valence-electron chi connectivity index (χ4n) is 1.78. The lowest BCUT2D eigenvalue weighted by Gasteiger charge is -2.26. The Hall–Kier alpha value is -1.63. The van der Waals surface area contributed by atoms with Crippen molar-refractivity contribution in [3.8, 4) is 5.75 Å². The highest BCUT2D eigenvalue weighted by Crippen LogP contribution is 2.10. The minimum atomic E-state index is -0.734. The van der Waals surface area contributed by atoms with E-state index >= 15 is 0 Å². The standard InChI is InChI=1S/C16H26N2O4/c1-16(2,3)22-14(15(17)20)10-18-9-12(19)11-21-13-7-5-4-6-8-13/h4-8,12,14,18-19H,9-11H2,1-3H3,(H2,17,20). The van der Waals surface area contributed by atoms with E-state index in [1.165, 1.54) is 0 Å². The van der Waals surface area contributed by atoms with E-state index in [2.05, 4.69) is 5.32 Å². The van der Waals surface area contributed by atoms with Gasteiger partial charge in [0.05, 0.1) is 5.60 Å². The first-order valence-electron chi connectivity index (χ1n) is 7.31. The zero-order chi connectivity index (χ0) is 16.6. The summed E-state index contributed by atoms with van der Waals surface area (Å²) in [6, 6.07) is 9.26. The number of amides is 1. The van der Waals surface area contributed by atoms with Gasteiger partial charge >= 0.3 is 0 Å². The summed E-state index contributed by atoms with van der Waals surface area (Å²) in [5.41, 5.74) is 4.84. The molecule has 2 atom stereocenters. The largest absolute Gasteiger partial charge is 0.491 e. The fraction of sp³-hybridized carbons (Fsp3) is 0.562. The molecule has 1 rings (SSSR count). The molecular formula is C16H26N2O4. The maximum Gasteiger partial charge on any atom is 0.247 e. The van der Waals surface area contributed by atoms with Crippen LogP contribution >= 0.6 is 0 Å². The van der Waals surface area contributed by atoms with E-state index in [4.69, 9.17) is 15.2 Å². The van der Waals surface area contributed by atoms with E-state index in [0.29, 0.717) is 5.75 Å². The number of ether oxygens (including phenoxy) is 2. The minimum Gasteiger partial charge on any atom is -0.491 e. The van der Waals surface area contributed by atoms with Crippen molar-refractivity contribution in [2.24, 2.45) is 5.73 Å². The monoisotopic (exact) mass is 310 g/mol. The first-order valence-corrected chi connectivity index (χ1v) is 7.31. The Bertz CT molecular complexity index is 445. The Kier molecular flexibility index (Phi) is 7.31. The third-order valence-corrected chi connectivity index (χ3v) is 2.71. The van der Waals surface area contributed by atoms with Crippen LogP contribution < -0.4 is 15.8 Å². The molecule has 0 fully saturated rings. The summed E-state index contributed by atoms with van der Waals surface area (Å²) in [5, 5.41) is 12.8. The third kappa shape index (κ3) is 7.97. The van der Waals surface area contributed by atoms with E-state index in [-0.39, 0.29) is 19.7 Å². The van der Waals surface area contributed by atoms with Gasteiger partial charge in [-0.1, -0.05) is 18.2 Å². The summed E-state index contributed by atoms with van der Waals surface area (Å²) in [6.07, 6.45) is -1.43. The molecule has 4 N–H and O–H groups in total. The second kappa shape index (κ2) is 8.73. The van der Waals surface area contributed by atoms with Crippen LogP contribution in [0, 0.1) is 0 Å². The van der Waals surface area contributed by atoms with Gasteiger partial charge in [-0.05, 0) is 32.9 Å². The maximum atomic E-state index is 11.3. The number of rotatable bonds is 9. The van der Waals surface area contributed by atoms with Crippen LogP contribution in [0.3, 0.4) is 0 Å². The van der Waals surface area contributed by atoms with Crippen LogP contribution in [0.5, 0.6) is 5.75 Å². The number of aliphatic hydroxyl groups excluding tert-OH is 1. The number of hydrogen-bond donors (Lipinski definition) is 3. The van der Waals surface area contributed by atoms with Gasteiger partial charge in [0.1, 0.15) is 24.6 Å². The van der Waals surface area contributed by atoms with Gasteiger partial charge < -0.3 is 25.6 Å². The average Bonchev–Trinajstić information content (AvgIpc) is 2.44. The molecule has 0 saturated heterocycles. The SMILES string of the molecule is CC(C)(C)OC(CNCC(O)COc1ccccc1)C(N)=O. The second-order valence-electron chi connectivity index (χ2n) is 6.06. The number of benzene rings is 1. The highest BCUT2D eigenvalue weighted by molar-refractivity contribution is 5.79. The van der Waals surface area contributed by atoms with Crippen molar-refractivity contribution in [3.05, 3.63) is 30.3 Å². The lowest BCUT2D eigenvalue weighted by Crippen LogP contribution is -2.45. The van der Waals surface area contributed by atoms with Crippen molar-refractivity contribution in [3.63, 3.8) is 0 Å². The zero-order valence-electron chi connectivity index (χ0n) is 13.4. The van der Waals surface area contributed by atoms with Crippen LogP contribution in [0.2, 0.25) is 0 Å². The summed E-state index contributed by atoms with van der Waals surface area (Å²) in [4.78, 5) is 11.3. The quantitative estimate of drug-likeness (QED) is 0.624. The molecule has 0 bridgehead atoms. The van der Waals surface area contributed by atoms with Crippen molar-refractivity contribution >= 4 is 5.91 Å². The highest BCUT2D eigenvalue weighted by Gasteiger charge is 2.23. The Morgan fingerprint density at radius 2 is 1.91 bits per heavy atom. The molecule has 0 heterocycles. The second-order valence-corrected chi connectivity index (χ2v) is 6.06. The van der Waals surface area contributed by atoms with Gasteiger partial charge in [-0.15, -0.1) is 0 Å². The molecule has 1 amide bonds. The molecule has 0 aliphatic rings. The molecule has 1 aromatic rings. The number of primary amides is 1. The molecule has 0 saturated carbocycles. The van der Waals surface area contributed by atoms with Crippen molar-refractivity contribution in [2.75, 3.05) is 19.7 Å². The number of aliphatic hydroxyl groups is 1. The number of hydrogen-bond acceptors (Lipinski definition) is 5. The smallest absolute Gasteiger partial charge is 0.247 e. The maximum absolute atomic E-state index is 11.3. The van der Waals surface area contributed by atoms with E-state index in [0.717, 1.165) is 0 Å². The summed E-state index contributed by atoms with van der Waals surface area (Å²) < 4.78 is 11.0. The predicted molar refractivity (Wildman–Crippen MR) is 84.6 cm³/mol. The van der Waals surface area contributed by atoms with Crippen molar-refractivity contribution < 1.29 is 19.4 Å². The Morgan fingerprint density at radius 1 is 1.27 bits per heavy atom. The number of carbonyl (C=O) groups excluding carboxylic acids is 1. The Labute approximate surface area is 131 Å². The van der Waals surface area contributed by atoms with Gasteiger partial charge in [-0.3, -0.25) is 4.79 Å². The van der Waals surface area contributed by atoms with Gasteiger partial charge in [0.2, 0.25) is 5.91 Å². The minimum absolute atomic E-state index is 0.165. The average molecular weight is 310 g/mol. The van der Waals surface area contributed by atoms with Gasteiger partial charge in [-0.2, -0.15) is 0 Å². The first-order chi connectivity index (χ1) is 10.3. The molecular weight excluding hydrogens is 284 g/mol. The third-order valence-electron chi connectivity index (χ3n) is 2.71. The van der Waals surface area contributed by atoms with Crippen LogP contribution in [0.4, 0.5) is 0 Å². The molecule has 6 heteroatoms.